The van der Waals surface area contributed by atoms with Gasteiger partial charge in [0.15, 0.2) is 17.2 Å². The Balaban J connectivity index is 1.33. The number of hydrogen-bond acceptors (Lipinski definition) is 11. The maximum Gasteiger partial charge on any atom is 0.410 e. The van der Waals surface area contributed by atoms with Crippen molar-refractivity contribution < 1.29 is 23.5 Å². The van der Waals surface area contributed by atoms with Crippen molar-refractivity contribution in [1.82, 2.24) is 39.5 Å². The molecule has 5 heterocycles. The van der Waals surface area contributed by atoms with E-state index >= 15 is 0 Å². The highest BCUT2D eigenvalue weighted by atomic mass is 16.6. The minimum Gasteiger partial charge on any atom is -0.490 e. The smallest absolute Gasteiger partial charge is 0.410 e. The number of carbonyl (C=O) groups is 2. The van der Waals surface area contributed by atoms with Crippen LogP contribution in [0.25, 0.3) is 28.5 Å². The summed E-state index contributed by atoms with van der Waals surface area (Å²) in [6, 6.07) is 7.11. The van der Waals surface area contributed by atoms with E-state index in [-0.39, 0.29) is 42.8 Å². The summed E-state index contributed by atoms with van der Waals surface area (Å²) >= 11 is 0. The number of amides is 2. The summed E-state index contributed by atoms with van der Waals surface area (Å²) in [7, 11) is 1.63. The predicted molar refractivity (Wildman–Crippen MR) is 161 cm³/mol. The van der Waals surface area contributed by atoms with E-state index in [0.717, 1.165) is 11.3 Å². The normalized spacial score (nSPS) is 11.4. The van der Waals surface area contributed by atoms with E-state index in [9.17, 15) is 9.59 Å². The number of carbonyl (C=O) groups excluding carboxylic acids is 2. The molecule has 0 fully saturated rings. The number of aromatic nitrogens is 6. The average molecular weight is 600 g/mol. The first-order chi connectivity index (χ1) is 21.0. The summed E-state index contributed by atoms with van der Waals surface area (Å²) in [6.07, 6.45) is 7.66. The first kappa shape index (κ1) is 29.9. The third-order valence-electron chi connectivity index (χ3n) is 6.39. The summed E-state index contributed by atoms with van der Waals surface area (Å²) < 4.78 is 18.6. The molecule has 0 saturated carbocycles. The molecule has 2 amide bonds. The Bertz CT molecular complexity index is 1790. The molecule has 0 saturated heterocycles. The van der Waals surface area contributed by atoms with Gasteiger partial charge in [-0.1, -0.05) is 0 Å². The lowest BCUT2D eigenvalue weighted by Gasteiger charge is -2.24. The van der Waals surface area contributed by atoms with E-state index in [1.807, 2.05) is 29.7 Å². The maximum absolute atomic E-state index is 13.4. The van der Waals surface area contributed by atoms with Gasteiger partial charge in [-0.05, 0) is 52.0 Å². The van der Waals surface area contributed by atoms with Crippen molar-refractivity contribution in [2.45, 2.75) is 39.8 Å². The van der Waals surface area contributed by atoms with Crippen LogP contribution in [0.15, 0.2) is 59.7 Å². The van der Waals surface area contributed by atoms with E-state index in [1.165, 1.54) is 17.4 Å². The summed E-state index contributed by atoms with van der Waals surface area (Å²) in [4.78, 5) is 49.0. The zero-order valence-corrected chi connectivity index (χ0v) is 25.1. The standard InChI is InChI=1S/C30H33N9O5/c1-18-15-34-22-9-8-19(17-39(18)22)23-24(28-33-11-13-43-28)37-26(31)25(36-23)27(40)35-16-20-21(7-6-10-32-20)42-14-12-38(5)29(41)44-30(2,3)4/h6-11,13,15,17H,12,14,16H2,1-5H3,(H2,31,37)(H,35,40). The number of pyridine rings is 2. The summed E-state index contributed by atoms with van der Waals surface area (Å²) in [5.41, 5.74) is 9.02. The van der Waals surface area contributed by atoms with Gasteiger partial charge in [0.25, 0.3) is 5.91 Å². The highest BCUT2D eigenvalue weighted by Gasteiger charge is 2.23. The monoisotopic (exact) mass is 599 g/mol. The van der Waals surface area contributed by atoms with Gasteiger partial charge in [0.05, 0.1) is 19.3 Å². The fraction of sp³-hybridized carbons (Fsp3) is 0.300. The van der Waals surface area contributed by atoms with Crippen molar-refractivity contribution in [2.24, 2.45) is 0 Å². The molecule has 5 aromatic rings. The van der Waals surface area contributed by atoms with Gasteiger partial charge in [-0.3, -0.25) is 9.78 Å². The van der Waals surface area contributed by atoms with Gasteiger partial charge in [0.1, 0.15) is 41.3 Å². The fourth-order valence-corrected chi connectivity index (χ4v) is 4.21. The number of fused-ring (bicyclic) bond motifs is 1. The van der Waals surface area contributed by atoms with Crippen LogP contribution in [0.1, 0.15) is 42.6 Å². The van der Waals surface area contributed by atoms with Crippen molar-refractivity contribution in [3.63, 3.8) is 0 Å². The van der Waals surface area contributed by atoms with Gasteiger partial charge < -0.3 is 34.2 Å². The van der Waals surface area contributed by atoms with Crippen LogP contribution in [0, 0.1) is 6.92 Å². The zero-order chi connectivity index (χ0) is 31.4. The van der Waals surface area contributed by atoms with Crippen LogP contribution in [0.4, 0.5) is 10.6 Å². The Morgan fingerprint density at radius 2 is 1.91 bits per heavy atom. The second-order valence-corrected chi connectivity index (χ2v) is 10.9. The van der Waals surface area contributed by atoms with Crippen LogP contribution >= 0.6 is 0 Å². The molecule has 3 N–H and O–H groups in total. The second kappa shape index (κ2) is 12.4. The van der Waals surface area contributed by atoms with Crippen molar-refractivity contribution in [3.8, 4) is 28.6 Å². The maximum atomic E-state index is 13.4. The van der Waals surface area contributed by atoms with Crippen LogP contribution < -0.4 is 15.8 Å². The Kier molecular flexibility index (Phi) is 8.42. The van der Waals surface area contributed by atoms with Gasteiger partial charge in [-0.25, -0.2) is 24.7 Å². The fourth-order valence-electron chi connectivity index (χ4n) is 4.21. The lowest BCUT2D eigenvalue weighted by atomic mass is 10.1. The molecular weight excluding hydrogens is 566 g/mol. The molecule has 0 radical (unpaired) electrons. The van der Waals surface area contributed by atoms with Gasteiger partial charge in [0, 0.05) is 36.9 Å². The molecule has 228 valence electrons. The number of hydrogen-bond donors (Lipinski definition) is 2. The van der Waals surface area contributed by atoms with Crippen molar-refractivity contribution in [2.75, 3.05) is 25.9 Å². The highest BCUT2D eigenvalue weighted by Crippen LogP contribution is 2.30. The number of nitrogens with one attached hydrogen (secondary N) is 1. The van der Waals surface area contributed by atoms with Crippen LogP contribution in [0.2, 0.25) is 0 Å². The molecule has 0 aliphatic carbocycles. The quantitative estimate of drug-likeness (QED) is 0.251. The van der Waals surface area contributed by atoms with Crippen molar-refractivity contribution in [3.05, 3.63) is 72.4 Å². The largest absolute Gasteiger partial charge is 0.490 e. The van der Waals surface area contributed by atoms with Gasteiger partial charge in [-0.2, -0.15) is 0 Å². The third kappa shape index (κ3) is 6.75. The Morgan fingerprint density at radius 1 is 1.09 bits per heavy atom. The lowest BCUT2D eigenvalue weighted by molar-refractivity contribution is 0.0278. The first-order valence-electron chi connectivity index (χ1n) is 13.8. The van der Waals surface area contributed by atoms with E-state index in [1.54, 1.807) is 52.3 Å². The first-order valence-corrected chi connectivity index (χ1v) is 13.8. The minimum atomic E-state index is -0.599. The molecule has 0 atom stereocenters. The molecule has 0 aliphatic heterocycles. The number of nitrogens with zero attached hydrogens (tertiary/aromatic N) is 7. The topological polar surface area (TPSA) is 176 Å². The van der Waals surface area contributed by atoms with Crippen LogP contribution in [-0.4, -0.2) is 72.0 Å². The van der Waals surface area contributed by atoms with Gasteiger partial charge in [-0.15, -0.1) is 0 Å². The summed E-state index contributed by atoms with van der Waals surface area (Å²) in [5.74, 6) is 0.00736. The molecule has 0 aromatic carbocycles. The molecule has 5 aromatic heterocycles. The highest BCUT2D eigenvalue weighted by molar-refractivity contribution is 5.97. The Labute approximate surface area is 253 Å². The van der Waals surface area contributed by atoms with Crippen molar-refractivity contribution in [1.29, 1.82) is 0 Å². The summed E-state index contributed by atoms with van der Waals surface area (Å²) in [6.45, 7) is 7.83. The second-order valence-electron chi connectivity index (χ2n) is 10.9. The Morgan fingerprint density at radius 3 is 2.66 bits per heavy atom. The number of imidazole rings is 1. The number of ether oxygens (including phenoxy) is 2. The van der Waals surface area contributed by atoms with Crippen LogP contribution in [0.3, 0.4) is 0 Å². The molecule has 0 bridgehead atoms. The van der Waals surface area contributed by atoms with E-state index < -0.39 is 17.6 Å². The number of aryl methyl sites for hydroxylation is 1. The number of nitrogens with two attached hydrogens (primary N) is 1. The number of likely N-dealkylation sites (N-methyl/N-ethyl adjacent to an activating group) is 1. The molecule has 44 heavy (non-hydrogen) atoms. The SMILES string of the molecule is Cc1cnc2ccc(-c3nc(C(=O)NCc4ncccc4OCCN(C)C(=O)OC(C)(C)C)c(N)nc3-c3ncco3)cn12. The number of nitrogen functional groups attached to an aromatic ring is 1. The lowest BCUT2D eigenvalue weighted by Crippen LogP contribution is -2.36. The molecule has 0 unspecified atom stereocenters. The minimum absolute atomic E-state index is 0.0229. The molecule has 14 nitrogen and oxygen atoms in total. The molecule has 0 spiro atoms. The van der Waals surface area contributed by atoms with Gasteiger partial charge >= 0.3 is 6.09 Å². The molecule has 5 rings (SSSR count). The van der Waals surface area contributed by atoms with E-state index in [2.05, 4.69) is 30.2 Å². The van der Waals surface area contributed by atoms with E-state index in [4.69, 9.17) is 19.6 Å². The number of rotatable bonds is 9. The Hall–Kier alpha value is -5.53. The van der Waals surface area contributed by atoms with Crippen LogP contribution in [0.5, 0.6) is 5.75 Å². The molecule has 14 heteroatoms. The van der Waals surface area contributed by atoms with E-state index in [0.29, 0.717) is 22.7 Å². The molecule has 0 aliphatic rings. The number of oxazole rings is 1. The average Bonchev–Trinajstić information content (AvgIpc) is 3.65. The third-order valence-corrected chi connectivity index (χ3v) is 6.39. The van der Waals surface area contributed by atoms with Crippen molar-refractivity contribution >= 4 is 23.5 Å². The number of anilines is 1. The van der Waals surface area contributed by atoms with Crippen LogP contribution in [-0.2, 0) is 11.3 Å². The predicted octanol–water partition coefficient (Wildman–Crippen LogP) is 3.91. The van der Waals surface area contributed by atoms with Gasteiger partial charge in [0.2, 0.25) is 5.89 Å². The zero-order valence-electron chi connectivity index (χ0n) is 25.1. The summed E-state index contributed by atoms with van der Waals surface area (Å²) in [5, 5.41) is 2.80. The molecular formula is C30H33N9O5.